The second-order valence-electron chi connectivity index (χ2n) is 8.51. The number of H-pyrrole nitrogens is 1. The standard InChI is InChI=1S/C25H27FN4O4/c26-22-3-1-16(9-21(22)25(31)29-8-5-18-12-28-14-30-18)20-6-7-27-11-17(20)13-32-19-2-4-23-24(10-19)34-15-33-23/h1-4,9-10,12,14,17,20,27H,5-8,11,13,15H2,(H,28,30)(H,29,31)/t17?,20-/m0/s1. The molecule has 34 heavy (non-hydrogen) atoms. The lowest BCUT2D eigenvalue weighted by atomic mass is 9.81. The van der Waals surface area contributed by atoms with E-state index in [0.717, 1.165) is 30.8 Å². The molecule has 8 nitrogen and oxygen atoms in total. The molecule has 178 valence electrons. The molecule has 1 amide bonds. The van der Waals surface area contributed by atoms with Gasteiger partial charge in [-0.2, -0.15) is 0 Å². The summed E-state index contributed by atoms with van der Waals surface area (Å²) in [6.45, 7) is 2.73. The topological polar surface area (TPSA) is 97.5 Å². The molecule has 9 heteroatoms. The van der Waals surface area contributed by atoms with Crippen molar-refractivity contribution in [3.63, 3.8) is 0 Å². The number of nitrogens with zero attached hydrogens (tertiary/aromatic N) is 1. The van der Waals surface area contributed by atoms with Crippen LogP contribution in [0.15, 0.2) is 48.9 Å². The van der Waals surface area contributed by atoms with Crippen LogP contribution in [-0.4, -0.2) is 48.9 Å². The number of imidazole rings is 1. The number of rotatable bonds is 8. The Hall–Kier alpha value is -3.59. The van der Waals surface area contributed by atoms with Gasteiger partial charge in [-0.15, -0.1) is 0 Å². The number of nitrogens with one attached hydrogen (secondary N) is 3. The normalized spacial score (nSPS) is 19.1. The Morgan fingerprint density at radius 2 is 2.12 bits per heavy atom. The summed E-state index contributed by atoms with van der Waals surface area (Å²) in [5, 5.41) is 6.22. The van der Waals surface area contributed by atoms with E-state index < -0.39 is 11.7 Å². The molecule has 2 aliphatic rings. The smallest absolute Gasteiger partial charge is 0.254 e. The van der Waals surface area contributed by atoms with Gasteiger partial charge in [0.25, 0.3) is 5.91 Å². The van der Waals surface area contributed by atoms with Gasteiger partial charge in [-0.05, 0) is 48.7 Å². The monoisotopic (exact) mass is 466 g/mol. The maximum absolute atomic E-state index is 14.5. The summed E-state index contributed by atoms with van der Waals surface area (Å²) in [7, 11) is 0. The Bertz CT molecular complexity index is 1140. The number of aromatic amines is 1. The zero-order valence-corrected chi connectivity index (χ0v) is 18.7. The summed E-state index contributed by atoms with van der Waals surface area (Å²) in [5.41, 5.74) is 1.92. The lowest BCUT2D eigenvalue weighted by molar-refractivity contribution is 0.0949. The number of hydrogen-bond acceptors (Lipinski definition) is 6. The Morgan fingerprint density at radius 1 is 1.21 bits per heavy atom. The number of halogens is 1. The fraction of sp³-hybridized carbons (Fsp3) is 0.360. The van der Waals surface area contributed by atoms with E-state index in [4.69, 9.17) is 14.2 Å². The van der Waals surface area contributed by atoms with Crippen LogP contribution in [0, 0.1) is 11.7 Å². The van der Waals surface area contributed by atoms with Crippen molar-refractivity contribution in [1.82, 2.24) is 20.6 Å². The molecule has 0 saturated carbocycles. The molecule has 2 aliphatic heterocycles. The minimum Gasteiger partial charge on any atom is -0.493 e. The van der Waals surface area contributed by atoms with Crippen molar-refractivity contribution in [2.24, 2.45) is 5.92 Å². The molecule has 3 N–H and O–H groups in total. The second-order valence-corrected chi connectivity index (χ2v) is 8.51. The SMILES string of the molecule is O=C(NCCc1cnc[nH]1)c1cc([C@@H]2CCNCC2COc2ccc3c(c2)OCO3)ccc1F. The number of carbonyl (C=O) groups excluding carboxylic acids is 1. The molecule has 1 unspecified atom stereocenters. The summed E-state index contributed by atoms with van der Waals surface area (Å²) in [6, 6.07) is 10.4. The van der Waals surface area contributed by atoms with Crippen molar-refractivity contribution in [1.29, 1.82) is 0 Å². The number of amides is 1. The summed E-state index contributed by atoms with van der Waals surface area (Å²) in [6.07, 6.45) is 4.77. The molecule has 1 saturated heterocycles. The quantitative estimate of drug-likeness (QED) is 0.472. The number of ether oxygens (including phenoxy) is 3. The molecule has 0 spiro atoms. The molecule has 0 bridgehead atoms. The van der Waals surface area contributed by atoms with Gasteiger partial charge >= 0.3 is 0 Å². The molecular formula is C25H27FN4O4. The fourth-order valence-electron chi connectivity index (χ4n) is 4.48. The number of hydrogen-bond donors (Lipinski definition) is 3. The van der Waals surface area contributed by atoms with Gasteiger partial charge < -0.3 is 29.8 Å². The predicted molar refractivity (Wildman–Crippen MR) is 123 cm³/mol. The van der Waals surface area contributed by atoms with Crippen molar-refractivity contribution >= 4 is 5.91 Å². The highest BCUT2D eigenvalue weighted by Gasteiger charge is 2.28. The molecule has 3 heterocycles. The molecule has 3 aromatic rings. The van der Waals surface area contributed by atoms with Crippen molar-refractivity contribution < 1.29 is 23.4 Å². The van der Waals surface area contributed by atoms with E-state index in [9.17, 15) is 9.18 Å². The van der Waals surface area contributed by atoms with Gasteiger partial charge in [0.05, 0.1) is 18.5 Å². The van der Waals surface area contributed by atoms with Crippen LogP contribution < -0.4 is 24.8 Å². The van der Waals surface area contributed by atoms with Crippen molar-refractivity contribution in [2.45, 2.75) is 18.8 Å². The molecule has 0 radical (unpaired) electrons. The lowest BCUT2D eigenvalue weighted by Crippen LogP contribution is -2.38. The maximum atomic E-state index is 14.5. The van der Waals surface area contributed by atoms with Gasteiger partial charge in [0.1, 0.15) is 11.6 Å². The molecule has 1 fully saturated rings. The molecule has 2 atom stereocenters. The van der Waals surface area contributed by atoms with Crippen LogP contribution in [0.25, 0.3) is 0 Å². The molecule has 2 aromatic carbocycles. The third-order valence-corrected chi connectivity index (χ3v) is 6.31. The average Bonchev–Trinajstić information content (AvgIpc) is 3.55. The van der Waals surface area contributed by atoms with Gasteiger partial charge in [-0.25, -0.2) is 9.37 Å². The van der Waals surface area contributed by atoms with Crippen LogP contribution >= 0.6 is 0 Å². The van der Waals surface area contributed by atoms with E-state index in [1.807, 2.05) is 18.2 Å². The molecular weight excluding hydrogens is 439 g/mol. The number of fused-ring (bicyclic) bond motifs is 1. The first-order chi connectivity index (χ1) is 16.7. The first kappa shape index (κ1) is 22.2. The number of carbonyl (C=O) groups is 1. The van der Waals surface area contributed by atoms with Crippen molar-refractivity contribution in [2.75, 3.05) is 33.0 Å². The third kappa shape index (κ3) is 4.99. The molecule has 5 rings (SSSR count). The Morgan fingerprint density at radius 3 is 3.00 bits per heavy atom. The van der Waals surface area contributed by atoms with E-state index in [2.05, 4.69) is 20.6 Å². The average molecular weight is 467 g/mol. The highest BCUT2D eigenvalue weighted by atomic mass is 19.1. The third-order valence-electron chi connectivity index (χ3n) is 6.31. The summed E-state index contributed by atoms with van der Waals surface area (Å²) >= 11 is 0. The second kappa shape index (κ2) is 10.1. The van der Waals surface area contributed by atoms with Crippen LogP contribution in [0.4, 0.5) is 4.39 Å². The van der Waals surface area contributed by atoms with Crippen molar-refractivity contribution in [3.8, 4) is 17.2 Å². The van der Waals surface area contributed by atoms with Gasteiger partial charge in [0.15, 0.2) is 11.5 Å². The minimum atomic E-state index is -0.523. The first-order valence-electron chi connectivity index (χ1n) is 11.5. The Labute approximate surface area is 196 Å². The van der Waals surface area contributed by atoms with Crippen molar-refractivity contribution in [3.05, 3.63) is 71.6 Å². The van der Waals surface area contributed by atoms with Crippen LogP contribution in [0.1, 0.15) is 34.0 Å². The summed E-state index contributed by atoms with van der Waals surface area (Å²) < 4.78 is 31.4. The van der Waals surface area contributed by atoms with E-state index in [1.165, 1.54) is 6.07 Å². The predicted octanol–water partition coefficient (Wildman–Crippen LogP) is 3.02. The summed E-state index contributed by atoms with van der Waals surface area (Å²) in [4.78, 5) is 19.6. The molecule has 0 aliphatic carbocycles. The van der Waals surface area contributed by atoms with Gasteiger partial charge in [-0.3, -0.25) is 4.79 Å². The van der Waals surface area contributed by atoms with Gasteiger partial charge in [-0.1, -0.05) is 6.07 Å². The van der Waals surface area contributed by atoms with E-state index >= 15 is 0 Å². The number of aromatic nitrogens is 2. The summed E-state index contributed by atoms with van der Waals surface area (Å²) in [5.74, 6) is 1.48. The van der Waals surface area contributed by atoms with E-state index in [0.29, 0.717) is 36.8 Å². The number of benzene rings is 2. The van der Waals surface area contributed by atoms with E-state index in [1.54, 1.807) is 24.7 Å². The fourth-order valence-corrected chi connectivity index (χ4v) is 4.48. The zero-order chi connectivity index (χ0) is 23.3. The highest BCUT2D eigenvalue weighted by Crippen LogP contribution is 2.36. The van der Waals surface area contributed by atoms with E-state index in [-0.39, 0.29) is 24.2 Å². The van der Waals surface area contributed by atoms with Crippen LogP contribution in [0.3, 0.4) is 0 Å². The van der Waals surface area contributed by atoms with Crippen LogP contribution in [0.2, 0.25) is 0 Å². The van der Waals surface area contributed by atoms with Gasteiger partial charge in [0.2, 0.25) is 6.79 Å². The van der Waals surface area contributed by atoms with Crippen LogP contribution in [0.5, 0.6) is 17.2 Å². The highest BCUT2D eigenvalue weighted by molar-refractivity contribution is 5.94. The largest absolute Gasteiger partial charge is 0.493 e. The first-order valence-corrected chi connectivity index (χ1v) is 11.5. The Kier molecular flexibility index (Phi) is 6.62. The maximum Gasteiger partial charge on any atom is 0.254 e. The zero-order valence-electron chi connectivity index (χ0n) is 18.7. The molecule has 1 aromatic heterocycles. The number of piperidine rings is 1. The van der Waals surface area contributed by atoms with Gasteiger partial charge in [0, 0.05) is 43.4 Å². The Balaban J connectivity index is 1.25. The van der Waals surface area contributed by atoms with Crippen LogP contribution in [-0.2, 0) is 6.42 Å². The lowest BCUT2D eigenvalue weighted by Gasteiger charge is -2.32. The minimum absolute atomic E-state index is 0.0658.